The number of hydrogen-bond acceptors (Lipinski definition) is 7. The van der Waals surface area contributed by atoms with Crippen molar-refractivity contribution in [3.05, 3.63) is 106 Å². The largest absolute Gasteiger partial charge is 0.497 e. The third kappa shape index (κ3) is 5.18. The molecule has 4 aromatic rings. The fraction of sp³-hybridized carbons (Fsp3) is 0.0769. The first-order valence-corrected chi connectivity index (χ1v) is 10.5. The van der Waals surface area contributed by atoms with E-state index in [0.29, 0.717) is 11.4 Å². The van der Waals surface area contributed by atoms with Crippen molar-refractivity contribution < 1.29 is 9.66 Å². The molecule has 4 rings (SSSR count). The topological polar surface area (TPSA) is 93.4 Å². The standard InChI is InChI=1S/C26H23N5O3/c1-30(21-13-7-4-8-14-21)25-24(31(32)33)23(17-16-19-10-5-3-6-11-19)28-26(29-25)27-20-12-9-15-22(18-20)34-2/h3-18H,1-2H3,(H,27,28,29). The van der Waals surface area contributed by atoms with Gasteiger partial charge in [0.2, 0.25) is 11.8 Å². The van der Waals surface area contributed by atoms with Crippen LogP contribution in [0.15, 0.2) is 84.9 Å². The second-order valence-corrected chi connectivity index (χ2v) is 7.36. The van der Waals surface area contributed by atoms with Crippen LogP contribution in [0, 0.1) is 10.1 Å². The first-order chi connectivity index (χ1) is 16.5. The van der Waals surface area contributed by atoms with Crippen LogP contribution in [-0.2, 0) is 0 Å². The summed E-state index contributed by atoms with van der Waals surface area (Å²) in [5.41, 5.74) is 2.35. The van der Waals surface area contributed by atoms with Crippen molar-refractivity contribution in [3.8, 4) is 5.75 Å². The molecule has 0 aliphatic heterocycles. The molecular formula is C26H23N5O3. The molecule has 0 aliphatic rings. The molecule has 0 aliphatic carbocycles. The smallest absolute Gasteiger partial charge is 0.337 e. The summed E-state index contributed by atoms with van der Waals surface area (Å²) < 4.78 is 5.28. The third-order valence-electron chi connectivity index (χ3n) is 5.10. The van der Waals surface area contributed by atoms with Crippen molar-refractivity contribution >= 4 is 41.0 Å². The van der Waals surface area contributed by atoms with E-state index >= 15 is 0 Å². The molecule has 170 valence electrons. The molecular weight excluding hydrogens is 430 g/mol. The highest BCUT2D eigenvalue weighted by molar-refractivity contribution is 5.80. The second-order valence-electron chi connectivity index (χ2n) is 7.36. The van der Waals surface area contributed by atoms with Gasteiger partial charge in [-0.2, -0.15) is 4.98 Å². The molecule has 0 spiro atoms. The maximum atomic E-state index is 12.2. The van der Waals surface area contributed by atoms with Crippen molar-refractivity contribution in [2.75, 3.05) is 24.4 Å². The zero-order valence-electron chi connectivity index (χ0n) is 18.8. The number of nitro groups is 1. The highest BCUT2D eigenvalue weighted by Gasteiger charge is 2.27. The molecule has 3 aromatic carbocycles. The van der Waals surface area contributed by atoms with Crippen molar-refractivity contribution in [1.29, 1.82) is 0 Å². The van der Waals surface area contributed by atoms with Crippen molar-refractivity contribution in [3.63, 3.8) is 0 Å². The molecule has 1 N–H and O–H groups in total. The van der Waals surface area contributed by atoms with Gasteiger partial charge in [0.25, 0.3) is 0 Å². The Balaban J connectivity index is 1.84. The van der Waals surface area contributed by atoms with Crippen LogP contribution in [0.25, 0.3) is 12.2 Å². The summed E-state index contributed by atoms with van der Waals surface area (Å²) in [7, 11) is 3.32. The van der Waals surface area contributed by atoms with Gasteiger partial charge in [0.05, 0.1) is 12.0 Å². The van der Waals surface area contributed by atoms with Crippen molar-refractivity contribution in [1.82, 2.24) is 9.97 Å². The van der Waals surface area contributed by atoms with Crippen molar-refractivity contribution in [2.24, 2.45) is 0 Å². The van der Waals surface area contributed by atoms with E-state index in [1.165, 1.54) is 0 Å². The zero-order chi connectivity index (χ0) is 23.9. The van der Waals surface area contributed by atoms with E-state index in [1.807, 2.05) is 78.9 Å². The number of ether oxygens (including phenoxy) is 1. The Hall–Kier alpha value is -4.72. The number of aromatic nitrogens is 2. The number of hydrogen-bond donors (Lipinski definition) is 1. The van der Waals surface area contributed by atoms with Crippen LogP contribution in [0.3, 0.4) is 0 Å². The minimum Gasteiger partial charge on any atom is -0.497 e. The lowest BCUT2D eigenvalue weighted by atomic mass is 10.2. The van der Waals surface area contributed by atoms with Gasteiger partial charge in [-0.3, -0.25) is 10.1 Å². The van der Waals surface area contributed by atoms with E-state index in [1.54, 1.807) is 37.3 Å². The molecule has 0 saturated heterocycles. The maximum Gasteiger partial charge on any atom is 0.337 e. The minimum atomic E-state index is -0.450. The Labute approximate surface area is 197 Å². The molecule has 0 saturated carbocycles. The van der Waals surface area contributed by atoms with Crippen LogP contribution in [0.5, 0.6) is 5.75 Å². The van der Waals surface area contributed by atoms with Crippen LogP contribution in [0.1, 0.15) is 11.3 Å². The molecule has 0 amide bonds. The molecule has 0 fully saturated rings. The maximum absolute atomic E-state index is 12.2. The number of anilines is 4. The lowest BCUT2D eigenvalue weighted by Crippen LogP contribution is -2.16. The Bertz CT molecular complexity index is 1310. The van der Waals surface area contributed by atoms with E-state index in [4.69, 9.17) is 4.74 Å². The highest BCUT2D eigenvalue weighted by atomic mass is 16.6. The fourth-order valence-electron chi connectivity index (χ4n) is 3.38. The summed E-state index contributed by atoms with van der Waals surface area (Å²) >= 11 is 0. The molecule has 8 heteroatoms. The third-order valence-corrected chi connectivity index (χ3v) is 5.10. The molecule has 0 bridgehead atoms. The fourth-order valence-corrected chi connectivity index (χ4v) is 3.38. The van der Waals surface area contributed by atoms with Gasteiger partial charge in [0, 0.05) is 24.5 Å². The summed E-state index contributed by atoms with van der Waals surface area (Å²) in [6.07, 6.45) is 3.42. The number of para-hydroxylation sites is 1. The average molecular weight is 454 g/mol. The number of methoxy groups -OCH3 is 1. The number of nitrogens with zero attached hydrogens (tertiary/aromatic N) is 4. The Morgan fingerprint density at radius 3 is 2.32 bits per heavy atom. The quantitative estimate of drug-likeness (QED) is 0.255. The lowest BCUT2D eigenvalue weighted by molar-refractivity contribution is -0.384. The van der Waals surface area contributed by atoms with Crippen molar-refractivity contribution in [2.45, 2.75) is 0 Å². The van der Waals surface area contributed by atoms with Crippen LogP contribution in [0.2, 0.25) is 0 Å². The van der Waals surface area contributed by atoms with E-state index in [0.717, 1.165) is 11.3 Å². The lowest BCUT2D eigenvalue weighted by Gasteiger charge is -2.19. The number of nitrogens with one attached hydrogen (secondary N) is 1. The van der Waals surface area contributed by atoms with Gasteiger partial charge in [-0.05, 0) is 35.9 Å². The predicted octanol–water partition coefficient (Wildman–Crippen LogP) is 6.08. The van der Waals surface area contributed by atoms with Gasteiger partial charge in [-0.25, -0.2) is 4.98 Å². The SMILES string of the molecule is COc1cccc(Nc2nc(C=Cc3ccccc3)c([N+](=O)[O-])c(N(C)c3ccccc3)n2)c1. The normalized spacial score (nSPS) is 10.8. The van der Waals surface area contributed by atoms with Crippen LogP contribution in [0.4, 0.5) is 28.8 Å². The molecule has 8 nitrogen and oxygen atoms in total. The van der Waals surface area contributed by atoms with Gasteiger partial charge in [0.1, 0.15) is 11.4 Å². The summed E-state index contributed by atoms with van der Waals surface area (Å²) in [5, 5.41) is 15.3. The van der Waals surface area contributed by atoms with Crippen LogP contribution >= 0.6 is 0 Å². The van der Waals surface area contributed by atoms with Crippen LogP contribution in [-0.4, -0.2) is 29.0 Å². The van der Waals surface area contributed by atoms with E-state index in [-0.39, 0.29) is 23.1 Å². The van der Waals surface area contributed by atoms with Gasteiger partial charge in [0.15, 0.2) is 0 Å². The summed E-state index contributed by atoms with van der Waals surface area (Å²) in [4.78, 5) is 22.4. The van der Waals surface area contributed by atoms with E-state index in [9.17, 15) is 10.1 Å². The van der Waals surface area contributed by atoms with Crippen LogP contribution < -0.4 is 15.0 Å². The number of rotatable bonds is 8. The molecule has 1 aromatic heterocycles. The Morgan fingerprint density at radius 1 is 0.941 bits per heavy atom. The van der Waals surface area contributed by atoms with E-state index in [2.05, 4.69) is 15.3 Å². The highest BCUT2D eigenvalue weighted by Crippen LogP contribution is 2.35. The minimum absolute atomic E-state index is 0.171. The Morgan fingerprint density at radius 2 is 1.65 bits per heavy atom. The van der Waals surface area contributed by atoms with E-state index < -0.39 is 4.92 Å². The molecule has 1 heterocycles. The molecule has 0 unspecified atom stereocenters. The first kappa shape index (κ1) is 22.5. The van der Waals surface area contributed by atoms with Gasteiger partial charge in [-0.15, -0.1) is 0 Å². The molecule has 0 radical (unpaired) electrons. The molecule has 34 heavy (non-hydrogen) atoms. The average Bonchev–Trinajstić information content (AvgIpc) is 2.87. The van der Waals surface area contributed by atoms with Gasteiger partial charge < -0.3 is 15.0 Å². The second kappa shape index (κ2) is 10.3. The first-order valence-electron chi connectivity index (χ1n) is 10.5. The van der Waals surface area contributed by atoms with Gasteiger partial charge in [-0.1, -0.05) is 60.7 Å². The zero-order valence-corrected chi connectivity index (χ0v) is 18.8. The monoisotopic (exact) mass is 453 g/mol. The number of benzene rings is 3. The summed E-state index contributed by atoms with van der Waals surface area (Å²) in [5.74, 6) is 1.06. The molecule has 0 atom stereocenters. The predicted molar refractivity (Wildman–Crippen MR) is 135 cm³/mol. The summed E-state index contributed by atoms with van der Waals surface area (Å²) in [6.45, 7) is 0. The summed E-state index contributed by atoms with van der Waals surface area (Å²) in [6, 6.07) is 26.2. The Kier molecular flexibility index (Phi) is 6.78. The van der Waals surface area contributed by atoms with Gasteiger partial charge >= 0.3 is 5.69 Å².